The summed E-state index contributed by atoms with van der Waals surface area (Å²) in [5.41, 5.74) is 8.59. The van der Waals surface area contributed by atoms with Crippen molar-refractivity contribution in [2.45, 2.75) is 18.9 Å². The van der Waals surface area contributed by atoms with E-state index in [1.807, 2.05) is 12.1 Å². The highest BCUT2D eigenvalue weighted by molar-refractivity contribution is 5.66. The summed E-state index contributed by atoms with van der Waals surface area (Å²) < 4.78 is 0. The molecule has 0 radical (unpaired) electrons. The van der Waals surface area contributed by atoms with Gasteiger partial charge in [0.1, 0.15) is 0 Å². The van der Waals surface area contributed by atoms with Crippen LogP contribution in [-0.2, 0) is 6.42 Å². The maximum absolute atomic E-state index is 10.5. The van der Waals surface area contributed by atoms with Crippen LogP contribution >= 0.6 is 0 Å². The summed E-state index contributed by atoms with van der Waals surface area (Å²) in [5.74, 6) is 0. The highest BCUT2D eigenvalue weighted by Gasteiger charge is 2.23. The van der Waals surface area contributed by atoms with Crippen LogP contribution in [-0.4, -0.2) is 11.2 Å². The molecule has 4 N–H and O–H groups in total. The number of carbonyl (C=O) groups is 1. The van der Waals surface area contributed by atoms with Crippen LogP contribution < -0.4 is 11.1 Å². The average Bonchev–Trinajstić information content (AvgIpc) is 2.47. The van der Waals surface area contributed by atoms with Crippen molar-refractivity contribution in [2.75, 3.05) is 5.73 Å². The van der Waals surface area contributed by atoms with Gasteiger partial charge in [-0.3, -0.25) is 0 Å². The van der Waals surface area contributed by atoms with E-state index in [9.17, 15) is 4.79 Å². The van der Waals surface area contributed by atoms with E-state index in [1.165, 1.54) is 0 Å². The number of hydrogen-bond donors (Lipinski definition) is 3. The average molecular weight is 192 g/mol. The Labute approximate surface area is 81.7 Å². The summed E-state index contributed by atoms with van der Waals surface area (Å²) in [6.07, 6.45) is 0.746. The van der Waals surface area contributed by atoms with E-state index in [0.717, 1.165) is 29.7 Å². The minimum atomic E-state index is -0.973. The van der Waals surface area contributed by atoms with Crippen LogP contribution in [0.2, 0.25) is 0 Å². The minimum absolute atomic E-state index is 0.0666. The maximum atomic E-state index is 10.5. The number of rotatable bonds is 1. The lowest BCUT2D eigenvalue weighted by atomic mass is 10.1. The number of carboxylic acid groups (broad SMARTS) is 1. The number of hydrogen-bond acceptors (Lipinski definition) is 2. The minimum Gasteiger partial charge on any atom is -0.465 e. The lowest BCUT2D eigenvalue weighted by Crippen LogP contribution is -2.24. The summed E-state index contributed by atoms with van der Waals surface area (Å²) in [4.78, 5) is 10.5. The Morgan fingerprint density at radius 2 is 2.36 bits per heavy atom. The molecule has 1 atom stereocenters. The largest absolute Gasteiger partial charge is 0.465 e. The summed E-state index contributed by atoms with van der Waals surface area (Å²) in [6.45, 7) is 0. The SMILES string of the molecule is Nc1ccc2c(c1)CCC2NC(=O)O. The zero-order valence-electron chi connectivity index (χ0n) is 7.66. The second-order valence-corrected chi connectivity index (χ2v) is 3.50. The molecule has 0 saturated carbocycles. The van der Waals surface area contributed by atoms with Crippen LogP contribution in [0, 0.1) is 0 Å². The monoisotopic (exact) mass is 192 g/mol. The quantitative estimate of drug-likeness (QED) is 0.590. The van der Waals surface area contributed by atoms with Gasteiger partial charge in [0.15, 0.2) is 0 Å². The van der Waals surface area contributed by atoms with Crippen molar-refractivity contribution in [1.29, 1.82) is 0 Å². The Kier molecular flexibility index (Phi) is 2.04. The number of fused-ring (bicyclic) bond motifs is 1. The second kappa shape index (κ2) is 3.21. The normalized spacial score (nSPS) is 19.0. The summed E-state index contributed by atoms with van der Waals surface area (Å²) in [5, 5.41) is 11.1. The van der Waals surface area contributed by atoms with Crippen molar-refractivity contribution in [3.8, 4) is 0 Å². The van der Waals surface area contributed by atoms with Gasteiger partial charge in [-0.2, -0.15) is 0 Å². The molecular weight excluding hydrogens is 180 g/mol. The Balaban J connectivity index is 2.26. The molecule has 1 aromatic rings. The summed E-state index contributed by atoms with van der Waals surface area (Å²) >= 11 is 0. The Morgan fingerprint density at radius 3 is 3.07 bits per heavy atom. The molecule has 1 amide bonds. The Hall–Kier alpha value is -1.71. The molecule has 0 aromatic heterocycles. The van der Waals surface area contributed by atoms with Gasteiger partial charge in [-0.1, -0.05) is 6.07 Å². The molecular formula is C10H12N2O2. The third-order valence-electron chi connectivity index (χ3n) is 2.54. The van der Waals surface area contributed by atoms with Gasteiger partial charge in [0.25, 0.3) is 0 Å². The van der Waals surface area contributed by atoms with Crippen molar-refractivity contribution in [1.82, 2.24) is 5.32 Å². The molecule has 74 valence electrons. The maximum Gasteiger partial charge on any atom is 0.405 e. The number of nitrogens with two attached hydrogens (primary N) is 1. The molecule has 1 unspecified atom stereocenters. The first-order valence-corrected chi connectivity index (χ1v) is 4.54. The van der Waals surface area contributed by atoms with E-state index in [-0.39, 0.29) is 6.04 Å². The fourth-order valence-corrected chi connectivity index (χ4v) is 1.94. The summed E-state index contributed by atoms with van der Waals surface area (Å²) in [7, 11) is 0. The molecule has 1 aliphatic rings. The first-order valence-electron chi connectivity index (χ1n) is 4.54. The summed E-state index contributed by atoms with van der Waals surface area (Å²) in [6, 6.07) is 5.56. The zero-order chi connectivity index (χ0) is 10.1. The molecule has 1 aromatic carbocycles. The predicted molar refractivity (Wildman–Crippen MR) is 53.1 cm³/mol. The second-order valence-electron chi connectivity index (χ2n) is 3.50. The van der Waals surface area contributed by atoms with Gasteiger partial charge in [0.2, 0.25) is 0 Å². The molecule has 1 aliphatic carbocycles. The van der Waals surface area contributed by atoms with Crippen molar-refractivity contribution in [3.05, 3.63) is 29.3 Å². The van der Waals surface area contributed by atoms with E-state index in [1.54, 1.807) is 6.07 Å². The van der Waals surface area contributed by atoms with Crippen LogP contribution in [0.3, 0.4) is 0 Å². The highest BCUT2D eigenvalue weighted by Crippen LogP contribution is 2.32. The number of amides is 1. The number of anilines is 1. The van der Waals surface area contributed by atoms with E-state index in [2.05, 4.69) is 5.32 Å². The molecule has 4 heteroatoms. The first-order chi connectivity index (χ1) is 6.66. The first kappa shape index (κ1) is 8.87. The van der Waals surface area contributed by atoms with Crippen molar-refractivity contribution in [3.63, 3.8) is 0 Å². The van der Waals surface area contributed by atoms with Crippen LogP contribution in [0.5, 0.6) is 0 Å². The van der Waals surface area contributed by atoms with Gasteiger partial charge < -0.3 is 16.2 Å². The van der Waals surface area contributed by atoms with Crippen LogP contribution in [0.25, 0.3) is 0 Å². The van der Waals surface area contributed by atoms with Gasteiger partial charge in [-0.05, 0) is 36.1 Å². The fourth-order valence-electron chi connectivity index (χ4n) is 1.94. The number of aryl methyl sites for hydroxylation is 1. The van der Waals surface area contributed by atoms with Crippen molar-refractivity contribution in [2.24, 2.45) is 0 Å². The van der Waals surface area contributed by atoms with Crippen molar-refractivity contribution >= 4 is 11.8 Å². The topological polar surface area (TPSA) is 75.3 Å². The van der Waals surface area contributed by atoms with E-state index < -0.39 is 6.09 Å². The van der Waals surface area contributed by atoms with Gasteiger partial charge in [0.05, 0.1) is 6.04 Å². The lowest BCUT2D eigenvalue weighted by Gasteiger charge is -2.10. The molecule has 4 nitrogen and oxygen atoms in total. The lowest BCUT2D eigenvalue weighted by molar-refractivity contribution is 0.190. The van der Waals surface area contributed by atoms with E-state index >= 15 is 0 Å². The van der Waals surface area contributed by atoms with Gasteiger partial charge >= 0.3 is 6.09 Å². The van der Waals surface area contributed by atoms with E-state index in [0.29, 0.717) is 0 Å². The molecule has 2 rings (SSSR count). The smallest absolute Gasteiger partial charge is 0.405 e. The molecule has 0 saturated heterocycles. The molecule has 14 heavy (non-hydrogen) atoms. The standard InChI is InChI=1S/C10H12N2O2/c11-7-2-3-8-6(5-7)1-4-9(8)12-10(13)14/h2-3,5,9,12H,1,4,11H2,(H,13,14). The number of nitrogen functional groups attached to an aromatic ring is 1. The van der Waals surface area contributed by atoms with Gasteiger partial charge in [0, 0.05) is 5.69 Å². The van der Waals surface area contributed by atoms with Crippen LogP contribution in [0.4, 0.5) is 10.5 Å². The van der Waals surface area contributed by atoms with E-state index in [4.69, 9.17) is 10.8 Å². The highest BCUT2D eigenvalue weighted by atomic mass is 16.4. The molecule has 0 aliphatic heterocycles. The van der Waals surface area contributed by atoms with Crippen LogP contribution in [0.1, 0.15) is 23.6 Å². The molecule has 0 bridgehead atoms. The predicted octanol–water partition coefficient (Wildman–Crippen LogP) is 1.52. The fraction of sp³-hybridized carbons (Fsp3) is 0.300. The third-order valence-corrected chi connectivity index (χ3v) is 2.54. The number of benzene rings is 1. The van der Waals surface area contributed by atoms with Gasteiger partial charge in [-0.25, -0.2) is 4.79 Å². The Bertz CT molecular complexity index is 376. The third kappa shape index (κ3) is 1.51. The Morgan fingerprint density at radius 1 is 1.57 bits per heavy atom. The van der Waals surface area contributed by atoms with Crippen LogP contribution in [0.15, 0.2) is 18.2 Å². The molecule has 0 heterocycles. The molecule has 0 spiro atoms. The molecule has 0 fully saturated rings. The zero-order valence-corrected chi connectivity index (χ0v) is 7.66. The number of nitrogens with one attached hydrogen (secondary N) is 1. The van der Waals surface area contributed by atoms with Crippen molar-refractivity contribution < 1.29 is 9.90 Å². The van der Waals surface area contributed by atoms with Gasteiger partial charge in [-0.15, -0.1) is 0 Å².